The third-order valence-corrected chi connectivity index (χ3v) is 2.75. The summed E-state index contributed by atoms with van der Waals surface area (Å²) in [6.07, 6.45) is 1.16. The largest absolute Gasteiger partial charge is 0.362 e. The SMILES string of the molecule is CO[C@H]1C[C@@H](C)SC(=S)N1. The van der Waals surface area contributed by atoms with Crippen molar-refractivity contribution in [1.82, 2.24) is 5.32 Å². The molecule has 0 radical (unpaired) electrons. The summed E-state index contributed by atoms with van der Waals surface area (Å²) in [6, 6.07) is 0. The lowest BCUT2D eigenvalue weighted by atomic mass is 10.3. The Morgan fingerprint density at radius 1 is 1.80 bits per heavy atom. The second-order valence-electron chi connectivity index (χ2n) is 2.32. The molecule has 0 bridgehead atoms. The van der Waals surface area contributed by atoms with Crippen LogP contribution in [-0.4, -0.2) is 22.9 Å². The van der Waals surface area contributed by atoms with Crippen molar-refractivity contribution in [3.05, 3.63) is 0 Å². The molecule has 1 saturated heterocycles. The van der Waals surface area contributed by atoms with Crippen molar-refractivity contribution in [2.24, 2.45) is 0 Å². The van der Waals surface area contributed by atoms with Gasteiger partial charge in [-0.05, 0) is 0 Å². The zero-order chi connectivity index (χ0) is 7.56. The number of ether oxygens (including phenoxy) is 1. The number of thiocarbonyl (C=S) groups is 1. The minimum absolute atomic E-state index is 0.128. The van der Waals surface area contributed by atoms with Crippen molar-refractivity contribution in [3.63, 3.8) is 0 Å². The van der Waals surface area contributed by atoms with Gasteiger partial charge >= 0.3 is 0 Å². The molecule has 2 atom stereocenters. The summed E-state index contributed by atoms with van der Waals surface area (Å²) in [5, 5.41) is 3.65. The molecule has 0 unspecified atom stereocenters. The van der Waals surface area contributed by atoms with Gasteiger partial charge in [0.25, 0.3) is 0 Å². The Morgan fingerprint density at radius 2 is 2.50 bits per heavy atom. The fourth-order valence-electron chi connectivity index (χ4n) is 0.912. The maximum atomic E-state index is 5.12. The number of rotatable bonds is 1. The minimum atomic E-state index is 0.128. The molecule has 1 aliphatic rings. The van der Waals surface area contributed by atoms with Crippen LogP contribution in [0.1, 0.15) is 13.3 Å². The van der Waals surface area contributed by atoms with E-state index in [1.165, 1.54) is 0 Å². The summed E-state index contributed by atoms with van der Waals surface area (Å²) in [4.78, 5) is 0. The fraction of sp³-hybridized carbons (Fsp3) is 0.833. The van der Waals surface area contributed by atoms with Gasteiger partial charge in [-0.15, -0.1) is 0 Å². The van der Waals surface area contributed by atoms with E-state index in [-0.39, 0.29) is 6.23 Å². The molecular formula is C6H11NOS2. The quantitative estimate of drug-likeness (QED) is 0.610. The van der Waals surface area contributed by atoms with Crippen LogP contribution in [0.15, 0.2) is 0 Å². The van der Waals surface area contributed by atoms with Crippen molar-refractivity contribution >= 4 is 28.3 Å². The second kappa shape index (κ2) is 3.55. The van der Waals surface area contributed by atoms with Crippen LogP contribution in [0.2, 0.25) is 0 Å². The fourth-order valence-corrected chi connectivity index (χ4v) is 2.37. The van der Waals surface area contributed by atoms with E-state index in [2.05, 4.69) is 12.2 Å². The topological polar surface area (TPSA) is 21.3 Å². The van der Waals surface area contributed by atoms with Gasteiger partial charge in [-0.25, -0.2) is 0 Å². The number of methoxy groups -OCH3 is 1. The highest BCUT2D eigenvalue weighted by Gasteiger charge is 2.20. The van der Waals surface area contributed by atoms with Crippen LogP contribution in [0, 0.1) is 0 Å². The van der Waals surface area contributed by atoms with E-state index in [0.717, 1.165) is 10.7 Å². The smallest absolute Gasteiger partial charge is 0.136 e. The molecule has 1 rings (SSSR count). The first kappa shape index (κ1) is 8.30. The van der Waals surface area contributed by atoms with Gasteiger partial charge in [0.2, 0.25) is 0 Å². The summed E-state index contributed by atoms with van der Waals surface area (Å²) >= 11 is 6.70. The molecule has 4 heteroatoms. The first-order chi connectivity index (χ1) is 4.72. The van der Waals surface area contributed by atoms with Gasteiger partial charge in [-0.2, -0.15) is 0 Å². The molecule has 10 heavy (non-hydrogen) atoms. The van der Waals surface area contributed by atoms with E-state index in [1.54, 1.807) is 18.9 Å². The molecule has 0 saturated carbocycles. The van der Waals surface area contributed by atoms with E-state index in [0.29, 0.717) is 5.25 Å². The van der Waals surface area contributed by atoms with Crippen LogP contribution < -0.4 is 5.32 Å². The Balaban J connectivity index is 2.42. The summed E-state index contributed by atoms with van der Waals surface area (Å²) in [6.45, 7) is 2.16. The van der Waals surface area contributed by atoms with E-state index in [9.17, 15) is 0 Å². The third-order valence-electron chi connectivity index (χ3n) is 1.42. The Labute approximate surface area is 70.7 Å². The van der Waals surface area contributed by atoms with Gasteiger partial charge in [0.05, 0.1) is 0 Å². The van der Waals surface area contributed by atoms with Crippen molar-refractivity contribution in [3.8, 4) is 0 Å². The Kier molecular flexibility index (Phi) is 2.95. The maximum absolute atomic E-state index is 5.12. The lowest BCUT2D eigenvalue weighted by molar-refractivity contribution is 0.0838. The summed E-state index contributed by atoms with van der Waals surface area (Å²) in [5.41, 5.74) is 0. The van der Waals surface area contributed by atoms with Crippen LogP contribution in [0.3, 0.4) is 0 Å². The highest BCUT2D eigenvalue weighted by atomic mass is 32.2. The lowest BCUT2D eigenvalue weighted by Gasteiger charge is -2.27. The van der Waals surface area contributed by atoms with Gasteiger partial charge in [-0.1, -0.05) is 30.9 Å². The Bertz CT molecular complexity index is 140. The molecule has 0 aliphatic carbocycles. The van der Waals surface area contributed by atoms with E-state index in [1.807, 2.05) is 0 Å². The predicted octanol–water partition coefficient (Wildman–Crippen LogP) is 1.36. The minimum Gasteiger partial charge on any atom is -0.362 e. The number of nitrogens with one attached hydrogen (secondary N) is 1. The first-order valence-electron chi connectivity index (χ1n) is 3.22. The van der Waals surface area contributed by atoms with Crippen LogP contribution in [-0.2, 0) is 4.74 Å². The Hall–Kier alpha value is 0.200. The van der Waals surface area contributed by atoms with Crippen LogP contribution in [0.4, 0.5) is 0 Å². The van der Waals surface area contributed by atoms with E-state index < -0.39 is 0 Å². The molecule has 1 heterocycles. The molecule has 58 valence electrons. The average molecular weight is 177 g/mol. The van der Waals surface area contributed by atoms with Gasteiger partial charge in [0, 0.05) is 18.8 Å². The maximum Gasteiger partial charge on any atom is 0.136 e. The van der Waals surface area contributed by atoms with Gasteiger partial charge < -0.3 is 10.1 Å². The van der Waals surface area contributed by atoms with Crippen molar-refractivity contribution in [2.45, 2.75) is 24.8 Å². The van der Waals surface area contributed by atoms with Gasteiger partial charge in [0.1, 0.15) is 10.5 Å². The number of hydrogen-bond donors (Lipinski definition) is 1. The number of thioether (sulfide) groups is 1. The monoisotopic (exact) mass is 177 g/mol. The van der Waals surface area contributed by atoms with Gasteiger partial charge in [-0.3, -0.25) is 0 Å². The molecule has 0 aromatic heterocycles. The number of hydrogen-bond acceptors (Lipinski definition) is 3. The molecule has 0 amide bonds. The molecule has 0 aromatic rings. The zero-order valence-corrected chi connectivity index (χ0v) is 7.72. The zero-order valence-electron chi connectivity index (χ0n) is 6.09. The standard InChI is InChI=1S/C6H11NOS2/c1-4-3-5(8-2)7-6(9)10-4/h4-5H,3H2,1-2H3,(H,7,9)/t4-,5+/m1/s1. The summed E-state index contributed by atoms with van der Waals surface area (Å²) in [5.74, 6) is 0. The van der Waals surface area contributed by atoms with E-state index >= 15 is 0 Å². The highest BCUT2D eigenvalue weighted by molar-refractivity contribution is 8.23. The molecule has 1 aliphatic heterocycles. The highest BCUT2D eigenvalue weighted by Crippen LogP contribution is 2.22. The first-order valence-corrected chi connectivity index (χ1v) is 4.51. The molecule has 1 fully saturated rings. The molecule has 0 spiro atoms. The third kappa shape index (κ3) is 2.11. The van der Waals surface area contributed by atoms with Crippen molar-refractivity contribution in [1.29, 1.82) is 0 Å². The lowest BCUT2D eigenvalue weighted by Crippen LogP contribution is -2.40. The predicted molar refractivity (Wildman–Crippen MR) is 48.2 cm³/mol. The summed E-state index contributed by atoms with van der Waals surface area (Å²) in [7, 11) is 1.70. The van der Waals surface area contributed by atoms with Crippen molar-refractivity contribution in [2.75, 3.05) is 7.11 Å². The molecule has 2 nitrogen and oxygen atoms in total. The van der Waals surface area contributed by atoms with Crippen LogP contribution in [0.5, 0.6) is 0 Å². The molecular weight excluding hydrogens is 166 g/mol. The van der Waals surface area contributed by atoms with Crippen molar-refractivity contribution < 1.29 is 4.74 Å². The van der Waals surface area contributed by atoms with Gasteiger partial charge in [0.15, 0.2) is 0 Å². The molecule has 1 N–H and O–H groups in total. The second-order valence-corrected chi connectivity index (χ2v) is 4.44. The van der Waals surface area contributed by atoms with Crippen LogP contribution in [0.25, 0.3) is 0 Å². The van der Waals surface area contributed by atoms with E-state index in [4.69, 9.17) is 17.0 Å². The Morgan fingerprint density at radius 3 is 3.00 bits per heavy atom. The molecule has 0 aromatic carbocycles. The average Bonchev–Trinajstić information content (AvgIpc) is 1.85. The van der Waals surface area contributed by atoms with Crippen LogP contribution >= 0.6 is 24.0 Å². The summed E-state index contributed by atoms with van der Waals surface area (Å²) < 4.78 is 5.97. The normalized spacial score (nSPS) is 33.6.